The highest BCUT2D eigenvalue weighted by atomic mass is 35.5. The summed E-state index contributed by atoms with van der Waals surface area (Å²) < 4.78 is 7.46. The van der Waals surface area contributed by atoms with E-state index >= 15 is 0 Å². The number of benzene rings is 2. The Morgan fingerprint density at radius 3 is 2.60 bits per heavy atom. The second kappa shape index (κ2) is 9.63. The number of para-hydroxylation sites is 1. The van der Waals surface area contributed by atoms with Gasteiger partial charge in [0.15, 0.2) is 0 Å². The first-order valence-electron chi connectivity index (χ1n) is 9.87. The van der Waals surface area contributed by atoms with E-state index in [-0.39, 0.29) is 12.1 Å². The number of hydrazone groups is 1. The van der Waals surface area contributed by atoms with Gasteiger partial charge in [-0.15, -0.1) is 0 Å². The molecule has 2 aromatic carbocycles. The quantitative estimate of drug-likeness (QED) is 0.313. The van der Waals surface area contributed by atoms with Crippen molar-refractivity contribution in [3.05, 3.63) is 87.7 Å². The number of nitrogens with one attached hydrogen (secondary N) is 1. The Kier molecular flexibility index (Phi) is 6.95. The van der Waals surface area contributed by atoms with Crippen molar-refractivity contribution in [1.82, 2.24) is 9.99 Å². The van der Waals surface area contributed by atoms with Crippen LogP contribution in [0.25, 0.3) is 5.69 Å². The number of rotatable bonds is 7. The summed E-state index contributed by atoms with van der Waals surface area (Å²) >= 11 is 6.18. The maximum atomic E-state index is 12.6. The number of esters is 1. The van der Waals surface area contributed by atoms with Gasteiger partial charge in [-0.25, -0.2) is 4.79 Å². The van der Waals surface area contributed by atoms with Gasteiger partial charge in [0.25, 0.3) is 0 Å². The monoisotopic (exact) mass is 423 g/mol. The molecule has 156 valence electrons. The van der Waals surface area contributed by atoms with Crippen molar-refractivity contribution in [1.29, 1.82) is 0 Å². The van der Waals surface area contributed by atoms with Gasteiger partial charge >= 0.3 is 5.97 Å². The Morgan fingerprint density at radius 2 is 1.87 bits per heavy atom. The standard InChI is InChI=1S/C24H26ClN3O2/c1-16(2)30-24(29)21-10-6-8-12-23(21)28-17(3)13-20(18(28)4)15-27-26-14-19-9-5-7-11-22(19)25/h5-13,15-16,26H,14H2,1-4H3/b27-15-. The maximum Gasteiger partial charge on any atom is 0.340 e. The number of carbonyl (C=O) groups excluding carboxylic acids is 1. The average molecular weight is 424 g/mol. The molecule has 0 saturated carbocycles. The van der Waals surface area contributed by atoms with Crippen LogP contribution in [0.5, 0.6) is 0 Å². The molecular formula is C24H26ClN3O2. The molecule has 0 atom stereocenters. The molecule has 0 aliphatic rings. The summed E-state index contributed by atoms with van der Waals surface area (Å²) in [5, 5.41) is 5.06. The Balaban J connectivity index is 1.83. The lowest BCUT2D eigenvalue weighted by Crippen LogP contribution is -2.15. The molecule has 0 fully saturated rings. The predicted octanol–water partition coefficient (Wildman–Crippen LogP) is 5.44. The van der Waals surface area contributed by atoms with E-state index in [1.165, 1.54) is 0 Å². The third-order valence-corrected chi connectivity index (χ3v) is 5.07. The summed E-state index contributed by atoms with van der Waals surface area (Å²) in [6.07, 6.45) is 1.61. The topological polar surface area (TPSA) is 55.6 Å². The van der Waals surface area contributed by atoms with E-state index in [9.17, 15) is 4.79 Å². The fourth-order valence-electron chi connectivity index (χ4n) is 3.30. The molecule has 0 saturated heterocycles. The summed E-state index contributed by atoms with van der Waals surface area (Å²) in [5.41, 5.74) is 8.31. The van der Waals surface area contributed by atoms with Crippen LogP contribution in [0.2, 0.25) is 5.02 Å². The molecule has 1 aromatic heterocycles. The van der Waals surface area contributed by atoms with Crippen molar-refractivity contribution in [2.45, 2.75) is 40.3 Å². The highest BCUT2D eigenvalue weighted by Gasteiger charge is 2.18. The van der Waals surface area contributed by atoms with Crippen molar-refractivity contribution < 1.29 is 9.53 Å². The van der Waals surface area contributed by atoms with E-state index in [2.05, 4.69) is 10.5 Å². The fraction of sp³-hybridized carbons (Fsp3) is 0.250. The van der Waals surface area contributed by atoms with E-state index in [1.54, 1.807) is 12.3 Å². The Bertz CT molecular complexity index is 1070. The van der Waals surface area contributed by atoms with Gasteiger partial charge in [-0.1, -0.05) is 41.9 Å². The third kappa shape index (κ3) is 4.92. The number of aromatic nitrogens is 1. The van der Waals surface area contributed by atoms with Gasteiger partial charge in [0.1, 0.15) is 0 Å². The number of ether oxygens (including phenoxy) is 1. The van der Waals surface area contributed by atoms with Gasteiger partial charge in [0.05, 0.1) is 30.1 Å². The largest absolute Gasteiger partial charge is 0.459 e. The van der Waals surface area contributed by atoms with Crippen LogP contribution >= 0.6 is 11.6 Å². The van der Waals surface area contributed by atoms with Crippen molar-refractivity contribution in [3.8, 4) is 5.69 Å². The summed E-state index contributed by atoms with van der Waals surface area (Å²) in [7, 11) is 0. The molecule has 5 nitrogen and oxygen atoms in total. The first-order valence-corrected chi connectivity index (χ1v) is 10.2. The van der Waals surface area contributed by atoms with Gasteiger partial charge in [0.2, 0.25) is 0 Å². The minimum absolute atomic E-state index is 0.177. The Labute approximate surface area is 182 Å². The van der Waals surface area contributed by atoms with Crippen molar-refractivity contribution in [2.75, 3.05) is 0 Å². The number of aryl methyl sites for hydroxylation is 1. The van der Waals surface area contributed by atoms with Crippen molar-refractivity contribution in [2.24, 2.45) is 5.10 Å². The lowest BCUT2D eigenvalue weighted by molar-refractivity contribution is 0.0378. The molecule has 0 aliphatic heterocycles. The maximum absolute atomic E-state index is 12.6. The second-order valence-electron chi connectivity index (χ2n) is 7.32. The Hall–Kier alpha value is -3.05. The number of hydrogen-bond donors (Lipinski definition) is 1. The molecule has 0 bridgehead atoms. The zero-order chi connectivity index (χ0) is 21.7. The van der Waals surface area contributed by atoms with Crippen LogP contribution in [0.15, 0.2) is 59.7 Å². The van der Waals surface area contributed by atoms with Gasteiger partial charge in [-0.2, -0.15) is 5.10 Å². The highest BCUT2D eigenvalue weighted by Crippen LogP contribution is 2.24. The molecule has 30 heavy (non-hydrogen) atoms. The van der Waals surface area contributed by atoms with Gasteiger partial charge < -0.3 is 14.7 Å². The van der Waals surface area contributed by atoms with Crippen LogP contribution in [-0.2, 0) is 11.3 Å². The van der Waals surface area contributed by atoms with Crippen molar-refractivity contribution >= 4 is 23.8 Å². The van der Waals surface area contributed by atoms with Crippen LogP contribution < -0.4 is 5.43 Å². The van der Waals surface area contributed by atoms with Crippen LogP contribution in [0.3, 0.4) is 0 Å². The molecular weight excluding hydrogens is 398 g/mol. The van der Waals surface area contributed by atoms with Gasteiger partial charge in [-0.05, 0) is 57.5 Å². The fourth-order valence-corrected chi connectivity index (χ4v) is 3.50. The summed E-state index contributed by atoms with van der Waals surface area (Å²) in [6.45, 7) is 8.24. The molecule has 0 unspecified atom stereocenters. The molecule has 3 rings (SSSR count). The van der Waals surface area contributed by atoms with Crippen LogP contribution in [0.4, 0.5) is 0 Å². The Morgan fingerprint density at radius 1 is 1.17 bits per heavy atom. The van der Waals surface area contributed by atoms with Crippen LogP contribution in [0.1, 0.15) is 46.7 Å². The smallest absolute Gasteiger partial charge is 0.340 e. The van der Waals surface area contributed by atoms with Gasteiger partial charge in [-0.3, -0.25) is 0 Å². The molecule has 0 spiro atoms. The van der Waals surface area contributed by atoms with E-state index in [0.29, 0.717) is 17.1 Å². The molecule has 0 radical (unpaired) electrons. The molecule has 0 amide bonds. The lowest BCUT2D eigenvalue weighted by atomic mass is 10.1. The summed E-state index contributed by atoms with van der Waals surface area (Å²) in [6, 6.07) is 17.2. The zero-order valence-electron chi connectivity index (χ0n) is 17.6. The zero-order valence-corrected chi connectivity index (χ0v) is 18.4. The summed E-state index contributed by atoms with van der Waals surface area (Å²) in [5.74, 6) is -0.329. The molecule has 1 heterocycles. The second-order valence-corrected chi connectivity index (χ2v) is 7.72. The first kappa shape index (κ1) is 21.7. The molecule has 1 N–H and O–H groups in total. The number of hydrogen-bond acceptors (Lipinski definition) is 4. The van der Waals surface area contributed by atoms with Crippen molar-refractivity contribution in [3.63, 3.8) is 0 Å². The molecule has 3 aromatic rings. The number of nitrogens with zero attached hydrogens (tertiary/aromatic N) is 2. The minimum Gasteiger partial charge on any atom is -0.459 e. The number of carbonyl (C=O) groups is 1. The van der Waals surface area contributed by atoms with Crippen LogP contribution in [0, 0.1) is 13.8 Å². The lowest BCUT2D eigenvalue weighted by Gasteiger charge is -2.15. The summed E-state index contributed by atoms with van der Waals surface area (Å²) in [4.78, 5) is 12.6. The third-order valence-electron chi connectivity index (χ3n) is 4.70. The van der Waals surface area contributed by atoms with E-state index < -0.39 is 0 Å². The average Bonchev–Trinajstić information content (AvgIpc) is 2.99. The molecule has 6 heteroatoms. The van der Waals surface area contributed by atoms with E-state index in [0.717, 1.165) is 28.2 Å². The minimum atomic E-state index is -0.329. The highest BCUT2D eigenvalue weighted by molar-refractivity contribution is 6.31. The van der Waals surface area contributed by atoms with Gasteiger partial charge in [0, 0.05) is 22.0 Å². The first-order chi connectivity index (χ1) is 14.4. The van der Waals surface area contributed by atoms with E-state index in [1.807, 2.05) is 80.8 Å². The number of halogens is 1. The predicted molar refractivity (Wildman–Crippen MR) is 122 cm³/mol. The van der Waals surface area contributed by atoms with E-state index in [4.69, 9.17) is 16.3 Å². The normalized spacial score (nSPS) is 11.3. The SMILES string of the molecule is Cc1cc(/C=N\NCc2ccccc2Cl)c(C)n1-c1ccccc1C(=O)OC(C)C. The van der Waals surface area contributed by atoms with Crippen LogP contribution in [-0.4, -0.2) is 22.9 Å². The molecule has 0 aliphatic carbocycles.